The van der Waals surface area contributed by atoms with Crippen molar-refractivity contribution in [2.75, 3.05) is 5.75 Å². The van der Waals surface area contributed by atoms with Crippen LogP contribution in [0.3, 0.4) is 0 Å². The van der Waals surface area contributed by atoms with E-state index in [4.69, 9.17) is 9.47 Å². The number of nitrogens with one attached hydrogen (secondary N) is 1. The van der Waals surface area contributed by atoms with Crippen molar-refractivity contribution in [1.82, 2.24) is 20.1 Å². The lowest BCUT2D eigenvalue weighted by Gasteiger charge is -2.41. The first-order valence-electron chi connectivity index (χ1n) is 13.4. The van der Waals surface area contributed by atoms with Gasteiger partial charge in [-0.1, -0.05) is 67.2 Å². The minimum atomic E-state index is -2.34. The van der Waals surface area contributed by atoms with Crippen molar-refractivity contribution in [1.29, 1.82) is 0 Å². The van der Waals surface area contributed by atoms with Crippen LogP contribution in [0.15, 0.2) is 60.0 Å². The molecule has 232 valence electrons. The Balaban J connectivity index is 1.31. The third-order valence-corrected chi connectivity index (χ3v) is 8.43. The number of aryl methyl sites for hydroxylation is 1. The minimum Gasteiger partial charge on any atom is -0.392 e. The van der Waals surface area contributed by atoms with E-state index >= 15 is 0 Å². The zero-order valence-electron chi connectivity index (χ0n) is 23.4. The summed E-state index contributed by atoms with van der Waals surface area (Å²) in [7, 11) is 1.85. The van der Waals surface area contributed by atoms with Gasteiger partial charge >= 0.3 is 0 Å². The number of ether oxygens (including phenoxy) is 2. The van der Waals surface area contributed by atoms with Crippen molar-refractivity contribution in [3.05, 3.63) is 112 Å². The fraction of sp³-hybridized carbons (Fsp3) is 0.300. The quantitative estimate of drug-likeness (QED) is 0.108. The van der Waals surface area contributed by atoms with Crippen molar-refractivity contribution in [2.24, 2.45) is 13.0 Å². The molecule has 1 amide bonds. The van der Waals surface area contributed by atoms with E-state index < -0.39 is 46.8 Å². The van der Waals surface area contributed by atoms with Crippen LogP contribution >= 0.6 is 11.8 Å². The fourth-order valence-electron chi connectivity index (χ4n) is 4.74. The fourth-order valence-corrected chi connectivity index (χ4v) is 5.79. The van der Waals surface area contributed by atoms with Gasteiger partial charge in [-0.05, 0) is 16.7 Å². The van der Waals surface area contributed by atoms with Gasteiger partial charge in [-0.3, -0.25) is 4.79 Å². The van der Waals surface area contributed by atoms with Gasteiger partial charge in [0.2, 0.25) is 5.82 Å². The summed E-state index contributed by atoms with van der Waals surface area (Å²) < 4.78 is 83.0. The molecule has 1 aromatic heterocycles. The number of carbonyl (C=O) groups is 1. The molecule has 4 aromatic rings. The molecule has 3 aromatic carbocycles. The van der Waals surface area contributed by atoms with Crippen LogP contribution in [0.4, 0.5) is 22.0 Å². The smallest absolute Gasteiger partial charge is 0.257 e. The second kappa shape index (κ2) is 13.4. The zero-order valence-corrected chi connectivity index (χ0v) is 24.3. The number of aromatic nitrogens is 3. The summed E-state index contributed by atoms with van der Waals surface area (Å²) in [5.41, 5.74) is 1.25. The van der Waals surface area contributed by atoms with Crippen molar-refractivity contribution < 1.29 is 41.3 Å². The summed E-state index contributed by atoms with van der Waals surface area (Å²) in [5, 5.41) is 20.4. The number of hydrogen-bond acceptors (Lipinski definition) is 7. The van der Waals surface area contributed by atoms with Crippen LogP contribution in [0.1, 0.15) is 51.9 Å². The van der Waals surface area contributed by atoms with Crippen LogP contribution < -0.4 is 5.32 Å². The third kappa shape index (κ3) is 6.48. The van der Waals surface area contributed by atoms with Crippen LogP contribution in [0.2, 0.25) is 0 Å². The lowest BCUT2D eigenvalue weighted by molar-refractivity contribution is -0.268. The first kappa shape index (κ1) is 31.6. The number of benzene rings is 3. The summed E-state index contributed by atoms with van der Waals surface area (Å²) in [6.07, 6.45) is 0.207. The van der Waals surface area contributed by atoms with E-state index in [0.29, 0.717) is 16.9 Å². The van der Waals surface area contributed by atoms with E-state index in [1.165, 1.54) is 11.8 Å². The number of halogens is 5. The molecule has 8 nitrogen and oxygen atoms in total. The summed E-state index contributed by atoms with van der Waals surface area (Å²) >= 11 is 1.49. The van der Waals surface area contributed by atoms with Gasteiger partial charge in [-0.15, -0.1) is 10.2 Å². The molecule has 0 spiro atoms. The standard InChI is InChI=1S/C30H27F5N4O4S/c1-15-20(13-44-30-38-37-14-39(30)2)42-29(43-27(15)18-7-5-17(12-40)6-8-18)19-9-3-16(4-10-19)11-36-28(41)21-22(31)24(33)26(35)25(34)23(21)32/h3-10,14-15,20,27,29,40H,11-13H2,1-2H3,(H,36,41). The summed E-state index contributed by atoms with van der Waals surface area (Å²) in [6, 6.07) is 14.1. The number of aliphatic hydroxyl groups is 1. The first-order chi connectivity index (χ1) is 21.1. The highest BCUT2D eigenvalue weighted by Crippen LogP contribution is 2.43. The Kier molecular flexibility index (Phi) is 9.63. The molecule has 0 aliphatic carbocycles. The molecule has 1 aliphatic rings. The second-order valence-electron chi connectivity index (χ2n) is 10.2. The zero-order chi connectivity index (χ0) is 31.5. The number of hydrogen-bond donors (Lipinski definition) is 2. The van der Waals surface area contributed by atoms with Crippen molar-refractivity contribution in [3.63, 3.8) is 0 Å². The van der Waals surface area contributed by atoms with Gasteiger partial charge in [0.1, 0.15) is 11.9 Å². The number of nitrogens with zero attached hydrogens (tertiary/aromatic N) is 3. The topological polar surface area (TPSA) is 98.5 Å². The first-order valence-corrected chi connectivity index (χ1v) is 14.4. The lowest BCUT2D eigenvalue weighted by Crippen LogP contribution is -2.38. The summed E-state index contributed by atoms with van der Waals surface area (Å²) in [5.74, 6) is -12.1. The maximum absolute atomic E-state index is 14.0. The highest BCUT2D eigenvalue weighted by atomic mass is 32.2. The van der Waals surface area contributed by atoms with Crippen LogP contribution in [-0.4, -0.2) is 37.6 Å². The number of amides is 1. The van der Waals surface area contributed by atoms with Crippen molar-refractivity contribution >= 4 is 17.7 Å². The number of carbonyl (C=O) groups excluding carboxylic acids is 1. The highest BCUT2D eigenvalue weighted by Gasteiger charge is 2.38. The highest BCUT2D eigenvalue weighted by molar-refractivity contribution is 7.99. The van der Waals surface area contributed by atoms with Crippen LogP contribution in [-0.2, 0) is 29.7 Å². The maximum Gasteiger partial charge on any atom is 0.257 e. The molecule has 0 bridgehead atoms. The Bertz CT molecular complexity index is 1610. The van der Waals surface area contributed by atoms with Gasteiger partial charge in [0, 0.05) is 30.8 Å². The molecule has 0 saturated carbocycles. The van der Waals surface area contributed by atoms with E-state index in [9.17, 15) is 31.9 Å². The van der Waals surface area contributed by atoms with Gasteiger partial charge in [0.25, 0.3) is 5.91 Å². The SMILES string of the molecule is CC1C(CSc2nncn2C)OC(c2ccc(CNC(=O)c3c(F)c(F)c(F)c(F)c3F)cc2)OC1c1ccc(CO)cc1. The number of thioether (sulfide) groups is 1. The van der Waals surface area contributed by atoms with Gasteiger partial charge in [-0.2, -0.15) is 0 Å². The normalized spacial score (nSPS) is 20.1. The Morgan fingerprint density at radius 3 is 2.09 bits per heavy atom. The van der Waals surface area contributed by atoms with Crippen molar-refractivity contribution in [2.45, 2.75) is 43.7 Å². The van der Waals surface area contributed by atoms with Crippen LogP contribution in [0, 0.1) is 35.0 Å². The van der Waals surface area contributed by atoms with E-state index in [1.54, 1.807) is 35.2 Å². The Labute approximate surface area is 253 Å². The molecule has 5 rings (SSSR count). The molecular weight excluding hydrogens is 607 g/mol. The molecule has 2 N–H and O–H groups in total. The van der Waals surface area contributed by atoms with E-state index in [0.717, 1.165) is 16.3 Å². The molecule has 0 radical (unpaired) electrons. The Hall–Kier alpha value is -3.85. The van der Waals surface area contributed by atoms with Crippen LogP contribution in [0.5, 0.6) is 0 Å². The lowest BCUT2D eigenvalue weighted by atomic mass is 9.91. The number of aliphatic hydroxyl groups excluding tert-OH is 1. The number of rotatable bonds is 9. The average Bonchev–Trinajstić information content (AvgIpc) is 3.46. The largest absolute Gasteiger partial charge is 0.392 e. The summed E-state index contributed by atoms with van der Waals surface area (Å²) in [4.78, 5) is 12.3. The Morgan fingerprint density at radius 2 is 1.50 bits per heavy atom. The van der Waals surface area contributed by atoms with Gasteiger partial charge in [0.05, 0.1) is 18.8 Å². The third-order valence-electron chi connectivity index (χ3n) is 7.31. The molecule has 44 heavy (non-hydrogen) atoms. The van der Waals surface area contributed by atoms with Gasteiger partial charge in [0.15, 0.2) is 34.7 Å². The summed E-state index contributed by atoms with van der Waals surface area (Å²) in [6.45, 7) is 1.69. The van der Waals surface area contributed by atoms with Crippen LogP contribution in [0.25, 0.3) is 0 Å². The predicted octanol–water partition coefficient (Wildman–Crippen LogP) is 5.52. The molecular formula is C30H27F5N4O4S. The van der Waals surface area contributed by atoms with Crippen molar-refractivity contribution in [3.8, 4) is 0 Å². The van der Waals surface area contributed by atoms with E-state index in [-0.39, 0.29) is 31.3 Å². The predicted molar refractivity (Wildman–Crippen MR) is 149 cm³/mol. The van der Waals surface area contributed by atoms with Gasteiger partial charge < -0.3 is 24.5 Å². The minimum absolute atomic E-state index is 0.0663. The Morgan fingerprint density at radius 1 is 0.909 bits per heavy atom. The monoisotopic (exact) mass is 634 g/mol. The molecule has 1 saturated heterocycles. The molecule has 4 unspecified atom stereocenters. The van der Waals surface area contributed by atoms with Gasteiger partial charge in [-0.25, -0.2) is 22.0 Å². The maximum atomic E-state index is 14.0. The molecule has 2 heterocycles. The molecule has 1 fully saturated rings. The van der Waals surface area contributed by atoms with E-state index in [2.05, 4.69) is 15.5 Å². The molecule has 4 atom stereocenters. The second-order valence-corrected chi connectivity index (χ2v) is 11.2. The molecule has 14 heteroatoms. The molecule has 1 aliphatic heterocycles. The average molecular weight is 635 g/mol. The van der Waals surface area contributed by atoms with E-state index in [1.807, 2.05) is 38.2 Å².